The van der Waals surface area contributed by atoms with Crippen LogP contribution in [0.2, 0.25) is 0 Å². The Balaban J connectivity index is 3.08. The van der Waals surface area contributed by atoms with Crippen LogP contribution in [0.4, 0.5) is 4.79 Å². The second-order valence-electron chi connectivity index (χ2n) is 3.98. The van der Waals surface area contributed by atoms with Crippen molar-refractivity contribution in [3.63, 3.8) is 0 Å². The van der Waals surface area contributed by atoms with E-state index in [1.54, 1.807) is 13.8 Å². The molecule has 0 aromatic carbocycles. The fourth-order valence-corrected chi connectivity index (χ4v) is 3.14. The molecule has 0 atom stereocenters. The lowest BCUT2D eigenvalue weighted by atomic mass is 10.1. The molecule has 1 fully saturated rings. The maximum absolute atomic E-state index is 12.3. The van der Waals surface area contributed by atoms with E-state index in [1.165, 1.54) is 13.8 Å². The molecule has 1 heterocycles. The third-order valence-corrected chi connectivity index (χ3v) is 4.19. The van der Waals surface area contributed by atoms with Crippen molar-refractivity contribution in [2.45, 2.75) is 33.2 Å². The van der Waals surface area contributed by atoms with Gasteiger partial charge in [0, 0.05) is 0 Å². The van der Waals surface area contributed by atoms with Crippen LogP contribution in [-0.2, 0) is 18.4 Å². The molecule has 3 amide bonds. The Morgan fingerprint density at radius 2 is 1.71 bits per heavy atom. The molecule has 1 aliphatic heterocycles. The van der Waals surface area contributed by atoms with E-state index in [2.05, 4.69) is 5.32 Å². The van der Waals surface area contributed by atoms with E-state index in [-0.39, 0.29) is 13.2 Å². The van der Waals surface area contributed by atoms with Gasteiger partial charge in [-0.25, -0.2) is 9.36 Å². The van der Waals surface area contributed by atoms with Crippen LogP contribution >= 0.6 is 7.75 Å². The average Bonchev–Trinajstić information content (AvgIpc) is 2.36. The van der Waals surface area contributed by atoms with Gasteiger partial charge in [0.05, 0.1) is 13.2 Å². The highest BCUT2D eigenvalue weighted by Gasteiger charge is 2.54. The number of nitrogens with zero attached hydrogens (tertiary/aromatic N) is 1. The zero-order chi connectivity index (χ0) is 13.3. The van der Waals surface area contributed by atoms with Gasteiger partial charge in [-0.15, -0.1) is 0 Å². The van der Waals surface area contributed by atoms with Crippen LogP contribution in [-0.4, -0.2) is 35.4 Å². The summed E-state index contributed by atoms with van der Waals surface area (Å²) in [4.78, 5) is 23.6. The average molecular weight is 264 g/mol. The molecule has 0 aliphatic carbocycles. The van der Waals surface area contributed by atoms with E-state index in [4.69, 9.17) is 9.05 Å². The first kappa shape index (κ1) is 14.2. The first-order chi connectivity index (χ1) is 7.78. The zero-order valence-electron chi connectivity index (χ0n) is 10.3. The SMILES string of the molecule is CCOP(=O)(OCC)N1C(=O)NC(C)(C)C1=O. The Labute approximate surface area is 100 Å². The van der Waals surface area contributed by atoms with Crippen molar-refractivity contribution in [2.24, 2.45) is 0 Å². The lowest BCUT2D eigenvalue weighted by Gasteiger charge is -2.23. The summed E-state index contributed by atoms with van der Waals surface area (Å²) in [6.45, 7) is 6.42. The third-order valence-electron chi connectivity index (χ3n) is 2.17. The third kappa shape index (κ3) is 2.51. The number of carbonyl (C=O) groups excluding carboxylic acids is 2. The number of urea groups is 1. The Hall–Kier alpha value is -0.910. The quantitative estimate of drug-likeness (QED) is 0.600. The second kappa shape index (κ2) is 4.76. The smallest absolute Gasteiger partial charge is 0.323 e. The van der Waals surface area contributed by atoms with Gasteiger partial charge in [-0.05, 0) is 27.7 Å². The van der Waals surface area contributed by atoms with Crippen LogP contribution in [0, 0.1) is 0 Å². The van der Waals surface area contributed by atoms with E-state index in [1.807, 2.05) is 0 Å². The van der Waals surface area contributed by atoms with Gasteiger partial charge in [-0.3, -0.25) is 13.8 Å². The number of hydrogen-bond acceptors (Lipinski definition) is 5. The first-order valence-electron chi connectivity index (χ1n) is 5.34. The van der Waals surface area contributed by atoms with Gasteiger partial charge in [-0.1, -0.05) is 0 Å². The summed E-state index contributed by atoms with van der Waals surface area (Å²) in [6.07, 6.45) is 0. The van der Waals surface area contributed by atoms with Gasteiger partial charge in [0.1, 0.15) is 5.54 Å². The number of rotatable bonds is 5. The minimum absolute atomic E-state index is 0.0781. The molecule has 1 N–H and O–H groups in total. The summed E-state index contributed by atoms with van der Waals surface area (Å²) >= 11 is 0. The summed E-state index contributed by atoms with van der Waals surface area (Å²) in [5.74, 6) is -0.618. The van der Waals surface area contributed by atoms with Crippen molar-refractivity contribution < 1.29 is 23.2 Å². The van der Waals surface area contributed by atoms with Crippen molar-refractivity contribution in [1.82, 2.24) is 9.99 Å². The second-order valence-corrected chi connectivity index (χ2v) is 5.83. The molecule has 1 rings (SSSR count). The van der Waals surface area contributed by atoms with Crippen LogP contribution in [0.1, 0.15) is 27.7 Å². The van der Waals surface area contributed by atoms with Crippen molar-refractivity contribution in [3.8, 4) is 0 Å². The van der Waals surface area contributed by atoms with E-state index in [0.29, 0.717) is 4.67 Å². The Morgan fingerprint density at radius 1 is 1.24 bits per heavy atom. The van der Waals surface area contributed by atoms with Crippen molar-refractivity contribution >= 4 is 19.7 Å². The highest BCUT2D eigenvalue weighted by atomic mass is 31.2. The van der Waals surface area contributed by atoms with Gasteiger partial charge in [0.25, 0.3) is 5.91 Å². The number of amides is 3. The molecule has 17 heavy (non-hydrogen) atoms. The van der Waals surface area contributed by atoms with Gasteiger partial charge in [-0.2, -0.15) is 4.67 Å². The van der Waals surface area contributed by atoms with Crippen LogP contribution in [0.3, 0.4) is 0 Å². The van der Waals surface area contributed by atoms with Gasteiger partial charge in [0.15, 0.2) is 0 Å². The van der Waals surface area contributed by atoms with Gasteiger partial charge in [0.2, 0.25) is 0 Å². The molecule has 98 valence electrons. The summed E-state index contributed by atoms with van der Waals surface area (Å²) < 4.78 is 22.8. The molecule has 0 unspecified atom stereocenters. The molecular formula is C9H17N2O5P. The Kier molecular flexibility index (Phi) is 3.96. The summed E-state index contributed by atoms with van der Waals surface area (Å²) in [5.41, 5.74) is -1.10. The highest BCUT2D eigenvalue weighted by molar-refractivity contribution is 7.53. The normalized spacial score (nSPS) is 19.6. The van der Waals surface area contributed by atoms with Crippen LogP contribution in [0.25, 0.3) is 0 Å². The van der Waals surface area contributed by atoms with Crippen molar-refractivity contribution in [3.05, 3.63) is 0 Å². The molecule has 8 heteroatoms. The summed E-state index contributed by atoms with van der Waals surface area (Å²) in [7, 11) is -3.89. The topological polar surface area (TPSA) is 84.9 Å². The predicted octanol–water partition coefficient (Wildman–Crippen LogP) is 1.50. The lowest BCUT2D eigenvalue weighted by molar-refractivity contribution is -0.127. The van der Waals surface area contributed by atoms with Gasteiger partial charge >= 0.3 is 13.8 Å². The molecule has 1 saturated heterocycles. The van der Waals surface area contributed by atoms with Crippen LogP contribution < -0.4 is 5.32 Å². The Morgan fingerprint density at radius 3 is 2.00 bits per heavy atom. The van der Waals surface area contributed by atoms with E-state index < -0.39 is 25.2 Å². The molecule has 0 radical (unpaired) electrons. The zero-order valence-corrected chi connectivity index (χ0v) is 11.2. The number of imide groups is 1. The minimum atomic E-state index is -3.89. The molecule has 0 aromatic rings. The monoisotopic (exact) mass is 264 g/mol. The first-order valence-corrected chi connectivity index (χ1v) is 6.84. The fourth-order valence-electron chi connectivity index (χ4n) is 1.43. The maximum atomic E-state index is 12.3. The van der Waals surface area contributed by atoms with E-state index in [0.717, 1.165) is 0 Å². The number of nitrogens with one attached hydrogen (secondary N) is 1. The molecule has 0 spiro atoms. The van der Waals surface area contributed by atoms with Gasteiger partial charge < -0.3 is 5.32 Å². The Bertz CT molecular complexity index is 372. The molecule has 0 aromatic heterocycles. The van der Waals surface area contributed by atoms with E-state index >= 15 is 0 Å². The van der Waals surface area contributed by atoms with Crippen molar-refractivity contribution in [1.29, 1.82) is 0 Å². The molecule has 0 bridgehead atoms. The van der Waals surface area contributed by atoms with Crippen molar-refractivity contribution in [2.75, 3.05) is 13.2 Å². The minimum Gasteiger partial charge on any atom is -0.323 e. The molecule has 1 aliphatic rings. The maximum Gasteiger partial charge on any atom is 0.445 e. The standard InChI is InChI=1S/C9H17N2O5P/c1-5-15-17(14,16-6-2)11-7(12)9(3,4)10-8(11)13/h5-6H2,1-4H3,(H,10,13). The molecular weight excluding hydrogens is 247 g/mol. The highest BCUT2D eigenvalue weighted by Crippen LogP contribution is 2.54. The summed E-state index contributed by atoms with van der Waals surface area (Å²) in [6, 6.07) is -0.759. The fraction of sp³-hybridized carbons (Fsp3) is 0.778. The van der Waals surface area contributed by atoms with Crippen LogP contribution in [0.5, 0.6) is 0 Å². The molecule has 7 nitrogen and oxygen atoms in total. The lowest BCUT2D eigenvalue weighted by Crippen LogP contribution is -2.40. The molecule has 0 saturated carbocycles. The predicted molar refractivity (Wildman–Crippen MR) is 60.3 cm³/mol. The largest absolute Gasteiger partial charge is 0.445 e. The van der Waals surface area contributed by atoms with E-state index in [9.17, 15) is 14.2 Å². The summed E-state index contributed by atoms with van der Waals surface area (Å²) in [5, 5.41) is 2.42. The number of hydrogen-bond donors (Lipinski definition) is 1. The van der Waals surface area contributed by atoms with Crippen LogP contribution in [0.15, 0.2) is 0 Å². The number of carbonyl (C=O) groups is 2.